The molecule has 1 aromatic heterocycles. The van der Waals surface area contributed by atoms with Gasteiger partial charge in [-0.15, -0.1) is 0 Å². The van der Waals surface area contributed by atoms with E-state index in [0.29, 0.717) is 60.0 Å². The first kappa shape index (κ1) is 22.6. The van der Waals surface area contributed by atoms with E-state index in [1.165, 1.54) is 0 Å². The van der Waals surface area contributed by atoms with Gasteiger partial charge in [-0.25, -0.2) is 4.98 Å². The number of aliphatic carboxylic acids is 1. The highest BCUT2D eigenvalue weighted by Crippen LogP contribution is 2.28. The molecule has 1 amide bonds. The van der Waals surface area contributed by atoms with Gasteiger partial charge in [0.15, 0.2) is 5.58 Å². The molecular formula is C27H25N3O5. The van der Waals surface area contributed by atoms with Crippen LogP contribution in [0.25, 0.3) is 22.6 Å². The van der Waals surface area contributed by atoms with Crippen molar-refractivity contribution < 1.29 is 23.8 Å². The Hall–Kier alpha value is -4.17. The van der Waals surface area contributed by atoms with Crippen molar-refractivity contribution in [2.45, 2.75) is 6.04 Å². The number of carboxylic acid groups (broad SMARTS) is 1. The molecule has 2 heterocycles. The van der Waals surface area contributed by atoms with Crippen molar-refractivity contribution in [2.24, 2.45) is 0 Å². The van der Waals surface area contributed by atoms with Crippen molar-refractivity contribution in [2.75, 3.05) is 33.3 Å². The lowest BCUT2D eigenvalue weighted by atomic mass is 10.0. The molecule has 5 rings (SSSR count). The molecule has 0 saturated carbocycles. The number of piperazine rings is 1. The molecule has 1 N–H and O–H groups in total. The monoisotopic (exact) mass is 471 g/mol. The van der Waals surface area contributed by atoms with Crippen LogP contribution in [0.3, 0.4) is 0 Å². The van der Waals surface area contributed by atoms with Gasteiger partial charge in [0, 0.05) is 43.4 Å². The van der Waals surface area contributed by atoms with Crippen LogP contribution >= 0.6 is 0 Å². The summed E-state index contributed by atoms with van der Waals surface area (Å²) in [5.41, 5.74) is 3.30. The SMILES string of the molecule is COc1ccc2nc(-c3cccc(C(=O)N4CCN(C(C(=O)O)c5ccccc5)CC4)c3)oc2c1. The minimum atomic E-state index is -0.889. The first-order chi connectivity index (χ1) is 17.0. The smallest absolute Gasteiger partial charge is 0.325 e. The van der Waals surface area contributed by atoms with Gasteiger partial charge in [-0.3, -0.25) is 14.5 Å². The van der Waals surface area contributed by atoms with E-state index in [9.17, 15) is 14.7 Å². The third-order valence-corrected chi connectivity index (χ3v) is 6.27. The van der Waals surface area contributed by atoms with Gasteiger partial charge < -0.3 is 19.2 Å². The van der Waals surface area contributed by atoms with Gasteiger partial charge in [0.2, 0.25) is 5.89 Å². The van der Waals surface area contributed by atoms with Crippen LogP contribution in [0.5, 0.6) is 5.75 Å². The summed E-state index contributed by atoms with van der Waals surface area (Å²) >= 11 is 0. The van der Waals surface area contributed by atoms with Gasteiger partial charge in [-0.05, 0) is 35.9 Å². The van der Waals surface area contributed by atoms with E-state index < -0.39 is 12.0 Å². The van der Waals surface area contributed by atoms with E-state index in [-0.39, 0.29) is 5.91 Å². The zero-order valence-corrected chi connectivity index (χ0v) is 19.3. The van der Waals surface area contributed by atoms with Crippen molar-refractivity contribution >= 4 is 23.0 Å². The maximum absolute atomic E-state index is 13.2. The first-order valence-corrected chi connectivity index (χ1v) is 11.4. The molecule has 35 heavy (non-hydrogen) atoms. The summed E-state index contributed by atoms with van der Waals surface area (Å²) in [6.07, 6.45) is 0. The van der Waals surface area contributed by atoms with E-state index in [1.807, 2.05) is 59.5 Å². The number of rotatable bonds is 6. The van der Waals surface area contributed by atoms with Crippen LogP contribution in [0.1, 0.15) is 22.0 Å². The molecule has 1 saturated heterocycles. The number of benzene rings is 3. The normalized spacial score (nSPS) is 15.2. The Kier molecular flexibility index (Phi) is 6.20. The number of carbonyl (C=O) groups is 2. The summed E-state index contributed by atoms with van der Waals surface area (Å²) in [6, 6.07) is 21.1. The summed E-state index contributed by atoms with van der Waals surface area (Å²) in [7, 11) is 1.59. The van der Waals surface area contributed by atoms with E-state index >= 15 is 0 Å². The highest BCUT2D eigenvalue weighted by atomic mass is 16.5. The van der Waals surface area contributed by atoms with Crippen LogP contribution in [0.2, 0.25) is 0 Å². The van der Waals surface area contributed by atoms with Crippen LogP contribution in [0, 0.1) is 0 Å². The number of hydrogen-bond donors (Lipinski definition) is 1. The molecule has 0 bridgehead atoms. The molecular weight excluding hydrogens is 446 g/mol. The predicted molar refractivity (Wildman–Crippen MR) is 130 cm³/mol. The second-order valence-electron chi connectivity index (χ2n) is 8.41. The van der Waals surface area contributed by atoms with Crippen molar-refractivity contribution in [1.29, 1.82) is 0 Å². The van der Waals surface area contributed by atoms with Crippen LogP contribution in [0.4, 0.5) is 0 Å². The molecule has 0 radical (unpaired) electrons. The number of oxazole rings is 1. The summed E-state index contributed by atoms with van der Waals surface area (Å²) < 4.78 is 11.1. The molecule has 8 nitrogen and oxygen atoms in total. The Balaban J connectivity index is 1.30. The number of carbonyl (C=O) groups excluding carboxylic acids is 1. The second kappa shape index (κ2) is 9.60. The fourth-order valence-electron chi connectivity index (χ4n) is 4.45. The van der Waals surface area contributed by atoms with Crippen LogP contribution in [-0.4, -0.2) is 65.1 Å². The molecule has 1 fully saturated rings. The first-order valence-electron chi connectivity index (χ1n) is 11.4. The van der Waals surface area contributed by atoms with Gasteiger partial charge in [-0.2, -0.15) is 0 Å². The quantitative estimate of drug-likeness (QED) is 0.453. The van der Waals surface area contributed by atoms with E-state index in [4.69, 9.17) is 9.15 Å². The average molecular weight is 472 g/mol. The number of methoxy groups -OCH3 is 1. The number of hydrogen-bond acceptors (Lipinski definition) is 6. The highest BCUT2D eigenvalue weighted by Gasteiger charge is 2.31. The molecule has 178 valence electrons. The molecule has 1 atom stereocenters. The van der Waals surface area contributed by atoms with Gasteiger partial charge in [0.1, 0.15) is 17.3 Å². The Bertz CT molecular complexity index is 1360. The molecule has 4 aromatic rings. The van der Waals surface area contributed by atoms with Gasteiger partial charge >= 0.3 is 5.97 Å². The van der Waals surface area contributed by atoms with E-state index in [1.54, 1.807) is 30.2 Å². The lowest BCUT2D eigenvalue weighted by Gasteiger charge is -2.37. The number of carboxylic acids is 1. The lowest BCUT2D eigenvalue weighted by Crippen LogP contribution is -2.51. The van der Waals surface area contributed by atoms with Crippen LogP contribution in [0.15, 0.2) is 77.2 Å². The Morgan fingerprint density at radius 3 is 2.46 bits per heavy atom. The van der Waals surface area contributed by atoms with Gasteiger partial charge in [0.05, 0.1) is 7.11 Å². The summed E-state index contributed by atoms with van der Waals surface area (Å²) in [4.78, 5) is 33.4. The molecule has 0 aliphatic carbocycles. The zero-order valence-electron chi connectivity index (χ0n) is 19.3. The minimum Gasteiger partial charge on any atom is -0.497 e. The van der Waals surface area contributed by atoms with Crippen molar-refractivity contribution in [3.8, 4) is 17.2 Å². The fourth-order valence-corrected chi connectivity index (χ4v) is 4.45. The average Bonchev–Trinajstić information content (AvgIpc) is 3.33. The Morgan fingerprint density at radius 2 is 1.74 bits per heavy atom. The van der Waals surface area contributed by atoms with Crippen molar-refractivity contribution in [3.63, 3.8) is 0 Å². The summed E-state index contributed by atoms with van der Waals surface area (Å²) in [5.74, 6) is 0.121. The zero-order chi connectivity index (χ0) is 24.4. The molecule has 0 spiro atoms. The number of nitrogens with zero attached hydrogens (tertiary/aromatic N) is 3. The van der Waals surface area contributed by atoms with Crippen LogP contribution in [-0.2, 0) is 4.79 Å². The summed E-state index contributed by atoms with van der Waals surface area (Å²) in [6.45, 7) is 1.85. The van der Waals surface area contributed by atoms with Crippen molar-refractivity contribution in [3.05, 3.63) is 83.9 Å². The third-order valence-electron chi connectivity index (χ3n) is 6.27. The number of amides is 1. The van der Waals surface area contributed by atoms with Crippen LogP contribution < -0.4 is 4.74 Å². The lowest BCUT2D eigenvalue weighted by molar-refractivity contribution is -0.144. The maximum atomic E-state index is 13.2. The van der Waals surface area contributed by atoms with Crippen molar-refractivity contribution in [1.82, 2.24) is 14.8 Å². The molecule has 1 aliphatic heterocycles. The summed E-state index contributed by atoms with van der Waals surface area (Å²) in [5, 5.41) is 9.81. The highest BCUT2D eigenvalue weighted by molar-refractivity contribution is 5.95. The fraction of sp³-hybridized carbons (Fsp3) is 0.222. The largest absolute Gasteiger partial charge is 0.497 e. The van der Waals surface area contributed by atoms with Gasteiger partial charge in [-0.1, -0.05) is 36.4 Å². The number of ether oxygens (including phenoxy) is 1. The Morgan fingerprint density at radius 1 is 0.971 bits per heavy atom. The molecule has 1 unspecified atom stereocenters. The topological polar surface area (TPSA) is 96.1 Å². The maximum Gasteiger partial charge on any atom is 0.325 e. The van der Waals surface area contributed by atoms with Gasteiger partial charge in [0.25, 0.3) is 5.91 Å². The number of fused-ring (bicyclic) bond motifs is 1. The van der Waals surface area contributed by atoms with E-state index in [0.717, 1.165) is 5.56 Å². The molecule has 1 aliphatic rings. The number of aromatic nitrogens is 1. The van der Waals surface area contributed by atoms with E-state index in [2.05, 4.69) is 4.98 Å². The second-order valence-corrected chi connectivity index (χ2v) is 8.41. The molecule has 3 aromatic carbocycles. The molecule has 8 heteroatoms. The predicted octanol–water partition coefficient (Wildman–Crippen LogP) is 4.09. The standard InChI is InChI=1S/C27H25N3O5/c1-34-21-10-11-22-23(17-21)35-25(28-22)19-8-5-9-20(16-19)26(31)30-14-12-29(13-15-30)24(27(32)33)18-6-3-2-4-7-18/h2-11,16-17,24H,12-15H2,1H3,(H,32,33). The Labute approximate surface area is 202 Å². The third kappa shape index (κ3) is 4.61. The minimum absolute atomic E-state index is 0.101.